The van der Waals surface area contributed by atoms with Crippen molar-refractivity contribution in [1.29, 1.82) is 0 Å². The largest absolute Gasteiger partial charge is 0.298 e. The minimum Gasteiger partial charge on any atom is -0.298 e. The Kier molecular flexibility index (Phi) is 7.57. The summed E-state index contributed by atoms with van der Waals surface area (Å²) in [5.41, 5.74) is 6.18. The first-order valence-corrected chi connectivity index (χ1v) is 8.41. The molecule has 0 aromatic heterocycles. The van der Waals surface area contributed by atoms with E-state index in [4.69, 9.17) is 0 Å². The van der Waals surface area contributed by atoms with Crippen molar-refractivity contribution in [3.05, 3.63) is 69.8 Å². The van der Waals surface area contributed by atoms with E-state index in [1.165, 1.54) is 5.56 Å². The molecule has 0 fully saturated rings. The van der Waals surface area contributed by atoms with E-state index < -0.39 is 0 Å². The van der Waals surface area contributed by atoms with Crippen molar-refractivity contribution in [2.24, 2.45) is 0 Å². The summed E-state index contributed by atoms with van der Waals surface area (Å²) in [6.45, 7) is 12.4. The minimum atomic E-state index is 0.422. The highest BCUT2D eigenvalue weighted by atomic mass is 16.1. The van der Waals surface area contributed by atoms with Gasteiger partial charge in [-0.3, -0.25) is 9.59 Å². The van der Waals surface area contributed by atoms with Gasteiger partial charge < -0.3 is 0 Å². The van der Waals surface area contributed by atoms with Gasteiger partial charge in [0.1, 0.15) is 12.6 Å². The van der Waals surface area contributed by atoms with Crippen LogP contribution >= 0.6 is 0 Å². The van der Waals surface area contributed by atoms with E-state index in [0.717, 1.165) is 40.4 Å². The highest BCUT2D eigenvalue weighted by molar-refractivity contribution is 5.78. The Morgan fingerprint density at radius 3 is 1.88 bits per heavy atom. The summed E-state index contributed by atoms with van der Waals surface area (Å²) < 4.78 is 0. The molecule has 0 saturated heterocycles. The van der Waals surface area contributed by atoms with Gasteiger partial charge in [-0.1, -0.05) is 57.5 Å². The highest BCUT2D eigenvalue weighted by Gasteiger charge is 2.05. The SMILES string of the molecule is Cc1ccc(C(C)C)c(C=O)c1.Cc1ccc(C(C)C)cc1C=O. The third-order valence-corrected chi connectivity index (χ3v) is 4.09. The Hall–Kier alpha value is -2.22. The fourth-order valence-corrected chi connectivity index (χ4v) is 2.47. The van der Waals surface area contributed by atoms with Crippen LogP contribution in [0.15, 0.2) is 36.4 Å². The summed E-state index contributed by atoms with van der Waals surface area (Å²) in [6, 6.07) is 12.0. The first kappa shape index (κ1) is 19.8. The van der Waals surface area contributed by atoms with Crippen LogP contribution in [0.1, 0.15) is 82.5 Å². The fourth-order valence-electron chi connectivity index (χ4n) is 2.47. The highest BCUT2D eigenvalue weighted by Crippen LogP contribution is 2.19. The number of hydrogen-bond acceptors (Lipinski definition) is 2. The normalized spacial score (nSPS) is 10.3. The molecule has 2 rings (SSSR count). The van der Waals surface area contributed by atoms with Gasteiger partial charge in [-0.25, -0.2) is 0 Å². The molecule has 128 valence electrons. The third-order valence-electron chi connectivity index (χ3n) is 4.09. The lowest BCUT2D eigenvalue weighted by Gasteiger charge is -2.08. The molecule has 2 aromatic rings. The Morgan fingerprint density at radius 2 is 1.38 bits per heavy atom. The predicted molar refractivity (Wildman–Crippen MR) is 101 cm³/mol. The Morgan fingerprint density at radius 1 is 0.750 bits per heavy atom. The van der Waals surface area contributed by atoms with E-state index in [2.05, 4.69) is 33.8 Å². The fraction of sp³-hybridized carbons (Fsp3) is 0.364. The maximum absolute atomic E-state index is 10.7. The van der Waals surface area contributed by atoms with E-state index in [0.29, 0.717) is 11.8 Å². The molecule has 0 N–H and O–H groups in total. The maximum Gasteiger partial charge on any atom is 0.150 e. The summed E-state index contributed by atoms with van der Waals surface area (Å²) in [4.78, 5) is 21.3. The second kappa shape index (κ2) is 9.17. The van der Waals surface area contributed by atoms with Gasteiger partial charge in [-0.15, -0.1) is 0 Å². The van der Waals surface area contributed by atoms with Crippen molar-refractivity contribution in [3.63, 3.8) is 0 Å². The van der Waals surface area contributed by atoms with E-state index >= 15 is 0 Å². The lowest BCUT2D eigenvalue weighted by atomic mass is 9.96. The molecule has 0 unspecified atom stereocenters. The molecule has 0 bridgehead atoms. The second-order valence-electron chi connectivity index (χ2n) is 6.79. The zero-order valence-corrected chi connectivity index (χ0v) is 15.6. The van der Waals surface area contributed by atoms with Crippen LogP contribution in [-0.2, 0) is 0 Å². The molecule has 0 aliphatic heterocycles. The number of aryl methyl sites for hydroxylation is 2. The van der Waals surface area contributed by atoms with Gasteiger partial charge in [0.05, 0.1) is 0 Å². The van der Waals surface area contributed by atoms with Crippen LogP contribution < -0.4 is 0 Å². The molecule has 0 aliphatic carbocycles. The van der Waals surface area contributed by atoms with Crippen molar-refractivity contribution >= 4 is 12.6 Å². The summed E-state index contributed by atoms with van der Waals surface area (Å²) in [5, 5.41) is 0. The molecule has 2 heteroatoms. The number of carbonyl (C=O) groups is 2. The average Bonchev–Trinajstić information content (AvgIpc) is 2.55. The topological polar surface area (TPSA) is 34.1 Å². The molecule has 0 amide bonds. The molecule has 0 aliphatic rings. The number of carbonyl (C=O) groups excluding carboxylic acids is 2. The zero-order valence-electron chi connectivity index (χ0n) is 15.6. The molecule has 2 aromatic carbocycles. The molecule has 0 radical (unpaired) electrons. The van der Waals surface area contributed by atoms with Crippen LogP contribution in [0, 0.1) is 13.8 Å². The zero-order chi connectivity index (χ0) is 18.3. The lowest BCUT2D eigenvalue weighted by molar-refractivity contribution is 0.111. The van der Waals surface area contributed by atoms with Crippen molar-refractivity contribution in [2.75, 3.05) is 0 Å². The number of aldehydes is 2. The molecular formula is C22H28O2. The molecule has 2 nitrogen and oxygen atoms in total. The summed E-state index contributed by atoms with van der Waals surface area (Å²) >= 11 is 0. The number of hydrogen-bond donors (Lipinski definition) is 0. The van der Waals surface area contributed by atoms with Crippen molar-refractivity contribution in [3.8, 4) is 0 Å². The van der Waals surface area contributed by atoms with E-state index in [-0.39, 0.29) is 0 Å². The Balaban J connectivity index is 0.000000240. The summed E-state index contributed by atoms with van der Waals surface area (Å²) in [5.74, 6) is 0.912. The standard InChI is InChI=1S/2C11H14O/c1-8(2)10-5-4-9(3)11(6-10)7-12;1-8(2)11-5-4-9(3)6-10(11)7-12/h2*4-8H,1-3H3. The number of rotatable bonds is 4. The Labute approximate surface area is 145 Å². The van der Waals surface area contributed by atoms with Crippen molar-refractivity contribution < 1.29 is 9.59 Å². The predicted octanol–water partition coefficient (Wildman–Crippen LogP) is 5.86. The average molecular weight is 324 g/mol. The Bertz CT molecular complexity index is 697. The maximum atomic E-state index is 10.7. The van der Waals surface area contributed by atoms with Gasteiger partial charge in [0, 0.05) is 11.1 Å². The lowest BCUT2D eigenvalue weighted by Crippen LogP contribution is -1.95. The molecule has 24 heavy (non-hydrogen) atoms. The molecule has 0 heterocycles. The van der Waals surface area contributed by atoms with Crippen molar-refractivity contribution in [2.45, 2.75) is 53.4 Å². The van der Waals surface area contributed by atoms with Gasteiger partial charge in [0.15, 0.2) is 0 Å². The van der Waals surface area contributed by atoms with Crippen LogP contribution in [0.3, 0.4) is 0 Å². The van der Waals surface area contributed by atoms with Crippen molar-refractivity contribution in [1.82, 2.24) is 0 Å². The molecule has 0 spiro atoms. The second-order valence-corrected chi connectivity index (χ2v) is 6.79. The van der Waals surface area contributed by atoms with Crippen LogP contribution in [-0.4, -0.2) is 12.6 Å². The molecule has 0 atom stereocenters. The van der Waals surface area contributed by atoms with Crippen LogP contribution in [0.25, 0.3) is 0 Å². The van der Waals surface area contributed by atoms with E-state index in [9.17, 15) is 9.59 Å². The summed E-state index contributed by atoms with van der Waals surface area (Å²) in [7, 11) is 0. The third kappa shape index (κ3) is 5.45. The van der Waals surface area contributed by atoms with Gasteiger partial charge in [-0.2, -0.15) is 0 Å². The first-order valence-electron chi connectivity index (χ1n) is 8.41. The van der Waals surface area contributed by atoms with Crippen LogP contribution in [0.4, 0.5) is 0 Å². The van der Waals surface area contributed by atoms with Gasteiger partial charge in [-0.05, 0) is 54.5 Å². The van der Waals surface area contributed by atoms with Crippen LogP contribution in [0.2, 0.25) is 0 Å². The molecular weight excluding hydrogens is 296 g/mol. The first-order chi connectivity index (χ1) is 11.3. The number of benzene rings is 2. The van der Waals surface area contributed by atoms with Gasteiger partial charge >= 0.3 is 0 Å². The quantitative estimate of drug-likeness (QED) is 0.660. The monoisotopic (exact) mass is 324 g/mol. The van der Waals surface area contributed by atoms with E-state index in [1.54, 1.807) is 0 Å². The summed E-state index contributed by atoms with van der Waals surface area (Å²) in [6.07, 6.45) is 1.85. The van der Waals surface area contributed by atoms with E-state index in [1.807, 2.05) is 44.2 Å². The van der Waals surface area contributed by atoms with Gasteiger partial charge in [0.25, 0.3) is 0 Å². The minimum absolute atomic E-state index is 0.422. The van der Waals surface area contributed by atoms with Gasteiger partial charge in [0.2, 0.25) is 0 Å². The smallest absolute Gasteiger partial charge is 0.150 e. The molecule has 0 saturated carbocycles. The van der Waals surface area contributed by atoms with Crippen LogP contribution in [0.5, 0.6) is 0 Å².